The molecule has 1 atom stereocenters. The minimum Gasteiger partial charge on any atom is -1.00 e. The summed E-state index contributed by atoms with van der Waals surface area (Å²) in [6.45, 7) is 16.3. The van der Waals surface area contributed by atoms with Crippen LogP contribution in [-0.4, -0.2) is 43.4 Å². The molecule has 1 unspecified atom stereocenters. The molecule has 0 N–H and O–H groups in total. The minimum atomic E-state index is 0. The van der Waals surface area contributed by atoms with Crippen LogP contribution in [0.5, 0.6) is 0 Å². The Morgan fingerprint density at radius 2 is 1.47 bits per heavy atom. The zero-order chi connectivity index (χ0) is 10.4. The Morgan fingerprint density at radius 3 is 1.73 bits per heavy atom. The zero-order valence-electron chi connectivity index (χ0n) is 9.20. The molecular formula is C12H20ClNO. The van der Waals surface area contributed by atoms with E-state index in [1.165, 1.54) is 0 Å². The summed E-state index contributed by atoms with van der Waals surface area (Å²) in [5.41, 5.74) is 0. The molecule has 1 heterocycles. The van der Waals surface area contributed by atoms with Gasteiger partial charge in [-0.05, 0) is 18.2 Å². The molecule has 0 aliphatic carbocycles. The van der Waals surface area contributed by atoms with Crippen LogP contribution in [-0.2, 0) is 4.74 Å². The summed E-state index contributed by atoms with van der Waals surface area (Å²) in [6.07, 6.45) is 6.34. The van der Waals surface area contributed by atoms with Crippen molar-refractivity contribution in [2.24, 2.45) is 0 Å². The predicted molar refractivity (Wildman–Crippen MR) is 60.1 cm³/mol. The first-order chi connectivity index (χ1) is 6.76. The number of ether oxygens (including phenoxy) is 1. The fourth-order valence-corrected chi connectivity index (χ4v) is 1.87. The first-order valence-electron chi connectivity index (χ1n) is 5.06. The van der Waals surface area contributed by atoms with Crippen molar-refractivity contribution in [2.45, 2.75) is 6.10 Å². The molecule has 1 saturated heterocycles. The molecule has 0 radical (unpaired) electrons. The van der Waals surface area contributed by atoms with E-state index in [2.05, 4.69) is 19.7 Å². The molecule has 2 nitrogen and oxygen atoms in total. The van der Waals surface area contributed by atoms with Gasteiger partial charge in [-0.15, -0.1) is 0 Å². The van der Waals surface area contributed by atoms with Crippen LogP contribution in [0.1, 0.15) is 0 Å². The second-order valence-electron chi connectivity index (χ2n) is 3.89. The van der Waals surface area contributed by atoms with Gasteiger partial charge < -0.3 is 21.6 Å². The minimum absolute atomic E-state index is 0. The molecule has 0 amide bonds. The molecule has 0 aromatic rings. The van der Waals surface area contributed by atoms with Crippen molar-refractivity contribution >= 4 is 0 Å². The van der Waals surface area contributed by atoms with Crippen molar-refractivity contribution in [1.29, 1.82) is 0 Å². The summed E-state index contributed by atoms with van der Waals surface area (Å²) in [5, 5.41) is 0. The molecule has 3 heteroatoms. The molecule has 0 bridgehead atoms. The zero-order valence-corrected chi connectivity index (χ0v) is 9.96. The Balaban J connectivity index is 0.00000196. The van der Waals surface area contributed by atoms with Gasteiger partial charge in [0.05, 0.1) is 26.2 Å². The first-order valence-corrected chi connectivity index (χ1v) is 5.06. The van der Waals surface area contributed by atoms with Gasteiger partial charge in [0.2, 0.25) is 0 Å². The molecule has 1 aliphatic rings. The second-order valence-corrected chi connectivity index (χ2v) is 3.89. The predicted octanol–water partition coefficient (Wildman–Crippen LogP) is -1.24. The van der Waals surface area contributed by atoms with E-state index in [0.29, 0.717) is 6.10 Å². The summed E-state index contributed by atoms with van der Waals surface area (Å²) in [6, 6.07) is 0. The summed E-state index contributed by atoms with van der Waals surface area (Å²) < 4.78 is 6.23. The van der Waals surface area contributed by atoms with E-state index < -0.39 is 0 Å². The van der Waals surface area contributed by atoms with E-state index in [9.17, 15) is 0 Å². The molecule has 0 spiro atoms. The molecule has 0 aromatic carbocycles. The van der Waals surface area contributed by atoms with Crippen LogP contribution in [0, 0.1) is 0 Å². The SMILES string of the molecule is C=CC[N+](CC=C)(CC=C)CC1CO1.[Cl-]. The van der Waals surface area contributed by atoms with Gasteiger partial charge in [-0.25, -0.2) is 0 Å². The number of rotatable bonds is 8. The van der Waals surface area contributed by atoms with E-state index in [1.54, 1.807) is 0 Å². The van der Waals surface area contributed by atoms with Gasteiger partial charge in [0.15, 0.2) is 0 Å². The van der Waals surface area contributed by atoms with Gasteiger partial charge in [0, 0.05) is 0 Å². The molecule has 0 saturated carbocycles. The maximum Gasteiger partial charge on any atom is 0.130 e. The third-order valence-corrected chi connectivity index (χ3v) is 2.54. The third kappa shape index (κ3) is 4.65. The summed E-state index contributed by atoms with van der Waals surface area (Å²) in [5.74, 6) is 0. The lowest BCUT2D eigenvalue weighted by Gasteiger charge is -2.35. The van der Waals surface area contributed by atoms with E-state index in [0.717, 1.165) is 37.3 Å². The van der Waals surface area contributed by atoms with Crippen molar-refractivity contribution in [3.63, 3.8) is 0 Å². The van der Waals surface area contributed by atoms with E-state index in [4.69, 9.17) is 4.74 Å². The molecule has 86 valence electrons. The van der Waals surface area contributed by atoms with Crippen LogP contribution in [0.2, 0.25) is 0 Å². The number of epoxide rings is 1. The third-order valence-electron chi connectivity index (χ3n) is 2.54. The number of halogens is 1. The molecule has 0 aromatic heterocycles. The maximum atomic E-state index is 5.28. The Kier molecular flexibility index (Phi) is 6.57. The fourth-order valence-electron chi connectivity index (χ4n) is 1.87. The highest BCUT2D eigenvalue weighted by Crippen LogP contribution is 2.18. The Hall–Kier alpha value is -0.570. The lowest BCUT2D eigenvalue weighted by atomic mass is 10.2. The van der Waals surface area contributed by atoms with Crippen LogP contribution in [0.25, 0.3) is 0 Å². The average molecular weight is 230 g/mol. The standard InChI is InChI=1S/C12H20NO.ClH/c1-4-7-13(8-5-2,9-6-3)10-12-11-14-12;/h4-6,12H,1-3,7-11H2;1H/q+1;/p-1. The van der Waals surface area contributed by atoms with Gasteiger partial charge in [0.25, 0.3) is 0 Å². The van der Waals surface area contributed by atoms with Gasteiger partial charge >= 0.3 is 0 Å². The van der Waals surface area contributed by atoms with Crippen molar-refractivity contribution in [2.75, 3.05) is 32.8 Å². The van der Waals surface area contributed by atoms with Crippen LogP contribution in [0.4, 0.5) is 0 Å². The van der Waals surface area contributed by atoms with Gasteiger partial charge in [-0.2, -0.15) is 0 Å². The quantitative estimate of drug-likeness (QED) is 0.288. The molecule has 1 aliphatic heterocycles. The van der Waals surface area contributed by atoms with Crippen molar-refractivity contribution in [3.05, 3.63) is 38.0 Å². The second kappa shape index (κ2) is 6.83. The average Bonchev–Trinajstić information content (AvgIpc) is 2.89. The lowest BCUT2D eigenvalue weighted by Crippen LogP contribution is -3.00. The monoisotopic (exact) mass is 229 g/mol. The van der Waals surface area contributed by atoms with Crippen LogP contribution < -0.4 is 12.4 Å². The molecular weight excluding hydrogens is 210 g/mol. The molecule has 15 heavy (non-hydrogen) atoms. The largest absolute Gasteiger partial charge is 1.00 e. The topological polar surface area (TPSA) is 12.5 Å². The summed E-state index contributed by atoms with van der Waals surface area (Å²) in [7, 11) is 0. The van der Waals surface area contributed by atoms with Crippen LogP contribution in [0.15, 0.2) is 38.0 Å². The van der Waals surface area contributed by atoms with Crippen molar-refractivity contribution in [3.8, 4) is 0 Å². The van der Waals surface area contributed by atoms with E-state index in [-0.39, 0.29) is 12.4 Å². The highest BCUT2D eigenvalue weighted by molar-refractivity contribution is 4.79. The summed E-state index contributed by atoms with van der Waals surface area (Å²) in [4.78, 5) is 0. The molecule has 1 fully saturated rings. The first kappa shape index (κ1) is 14.4. The highest BCUT2D eigenvalue weighted by atomic mass is 35.5. The normalized spacial score (nSPS) is 18.8. The highest BCUT2D eigenvalue weighted by Gasteiger charge is 2.34. The van der Waals surface area contributed by atoms with Gasteiger partial charge in [0.1, 0.15) is 12.6 Å². The number of nitrogens with zero attached hydrogens (tertiary/aromatic N) is 1. The Labute approximate surface area is 98.9 Å². The smallest absolute Gasteiger partial charge is 0.130 e. The van der Waals surface area contributed by atoms with Crippen LogP contribution >= 0.6 is 0 Å². The number of hydrogen-bond acceptors (Lipinski definition) is 1. The van der Waals surface area contributed by atoms with Crippen LogP contribution in [0.3, 0.4) is 0 Å². The number of quaternary nitrogens is 1. The number of hydrogen-bond donors (Lipinski definition) is 0. The Morgan fingerprint density at radius 1 is 1.07 bits per heavy atom. The summed E-state index contributed by atoms with van der Waals surface area (Å²) >= 11 is 0. The van der Waals surface area contributed by atoms with Crippen molar-refractivity contribution in [1.82, 2.24) is 0 Å². The maximum absolute atomic E-state index is 5.28. The van der Waals surface area contributed by atoms with E-state index in [1.807, 2.05) is 18.2 Å². The molecule has 1 rings (SSSR count). The fraction of sp³-hybridized carbons (Fsp3) is 0.500. The van der Waals surface area contributed by atoms with Crippen molar-refractivity contribution < 1.29 is 21.6 Å². The lowest BCUT2D eigenvalue weighted by molar-refractivity contribution is -0.912. The van der Waals surface area contributed by atoms with Gasteiger partial charge in [-0.1, -0.05) is 19.7 Å². The van der Waals surface area contributed by atoms with Gasteiger partial charge in [-0.3, -0.25) is 0 Å². The Bertz CT molecular complexity index is 197. The van der Waals surface area contributed by atoms with E-state index >= 15 is 0 Å².